The molecule has 108 valence electrons. The van der Waals surface area contributed by atoms with Gasteiger partial charge in [-0.15, -0.1) is 0 Å². The van der Waals surface area contributed by atoms with Gasteiger partial charge in [-0.25, -0.2) is 4.79 Å². The predicted molar refractivity (Wildman–Crippen MR) is 72.1 cm³/mol. The number of aliphatic hydroxyl groups is 1. The van der Waals surface area contributed by atoms with Crippen LogP contribution in [-0.4, -0.2) is 30.8 Å². The molecule has 0 saturated heterocycles. The van der Waals surface area contributed by atoms with Crippen molar-refractivity contribution in [2.45, 2.75) is 39.8 Å². The molecule has 0 radical (unpaired) electrons. The van der Waals surface area contributed by atoms with Gasteiger partial charge >= 0.3 is 6.03 Å². The number of aldehydes is 1. The first kappa shape index (κ1) is 17.2. The zero-order chi connectivity index (χ0) is 14.8. The Balaban J connectivity index is 0.000000982. The quantitative estimate of drug-likeness (QED) is 0.532. The molecule has 2 amide bonds. The van der Waals surface area contributed by atoms with Gasteiger partial charge in [0.2, 0.25) is 5.88 Å². The molecule has 1 unspecified atom stereocenters. The van der Waals surface area contributed by atoms with Gasteiger partial charge in [0, 0.05) is 0 Å². The average Bonchev–Trinajstić information content (AvgIpc) is 2.36. The van der Waals surface area contributed by atoms with Gasteiger partial charge in [-0.05, 0) is 18.1 Å². The maximum Gasteiger partial charge on any atom is 0.323 e. The lowest BCUT2D eigenvalue weighted by Crippen LogP contribution is -2.49. The van der Waals surface area contributed by atoms with Crippen LogP contribution in [-0.2, 0) is 9.53 Å². The number of aliphatic hydroxyl groups excluding tert-OH is 1. The summed E-state index contributed by atoms with van der Waals surface area (Å²) in [5.74, 6) is 0.159. The first-order valence-electron chi connectivity index (χ1n) is 6.23. The van der Waals surface area contributed by atoms with Crippen LogP contribution in [0.1, 0.15) is 33.6 Å². The van der Waals surface area contributed by atoms with E-state index in [0.29, 0.717) is 23.9 Å². The van der Waals surface area contributed by atoms with Crippen LogP contribution < -0.4 is 10.6 Å². The van der Waals surface area contributed by atoms with Gasteiger partial charge in [-0.3, -0.25) is 10.1 Å². The van der Waals surface area contributed by atoms with E-state index in [1.54, 1.807) is 0 Å². The summed E-state index contributed by atoms with van der Waals surface area (Å²) < 4.78 is 4.96. The highest BCUT2D eigenvalue weighted by Gasteiger charge is 2.27. The van der Waals surface area contributed by atoms with Crippen LogP contribution >= 0.6 is 0 Å². The van der Waals surface area contributed by atoms with Crippen LogP contribution in [0.2, 0.25) is 0 Å². The molecule has 0 spiro atoms. The molecule has 1 rings (SSSR count). The van der Waals surface area contributed by atoms with Crippen molar-refractivity contribution in [3.63, 3.8) is 0 Å². The van der Waals surface area contributed by atoms with E-state index in [9.17, 15) is 14.7 Å². The zero-order valence-electron chi connectivity index (χ0n) is 11.8. The first-order valence-corrected chi connectivity index (χ1v) is 6.23. The van der Waals surface area contributed by atoms with Gasteiger partial charge < -0.3 is 15.2 Å². The van der Waals surface area contributed by atoms with Gasteiger partial charge in [0.05, 0.1) is 12.7 Å². The fraction of sp³-hybridized carbons (Fsp3) is 0.538. The molecule has 1 aliphatic heterocycles. The Bertz CT molecular complexity index is 375. The molecule has 6 nitrogen and oxygen atoms in total. The fourth-order valence-corrected chi connectivity index (χ4v) is 1.49. The summed E-state index contributed by atoms with van der Waals surface area (Å²) in [6.45, 7) is 6.08. The van der Waals surface area contributed by atoms with Crippen LogP contribution in [0.5, 0.6) is 0 Å². The second-order valence-electron chi connectivity index (χ2n) is 3.84. The van der Waals surface area contributed by atoms with Crippen molar-refractivity contribution in [2.75, 3.05) is 7.11 Å². The highest BCUT2D eigenvalue weighted by molar-refractivity contribution is 5.79. The van der Waals surface area contributed by atoms with Crippen molar-refractivity contribution in [3.8, 4) is 0 Å². The van der Waals surface area contributed by atoms with E-state index in [1.807, 2.05) is 6.92 Å². The molecule has 1 aliphatic rings. The summed E-state index contributed by atoms with van der Waals surface area (Å²) in [4.78, 5) is 21.5. The highest BCUT2D eigenvalue weighted by atomic mass is 16.5. The summed E-state index contributed by atoms with van der Waals surface area (Å²) in [5, 5.41) is 14.4. The smallest absolute Gasteiger partial charge is 0.323 e. The van der Waals surface area contributed by atoms with Crippen molar-refractivity contribution in [2.24, 2.45) is 0 Å². The number of rotatable bonds is 4. The van der Waals surface area contributed by atoms with Crippen LogP contribution in [0, 0.1) is 0 Å². The molecule has 3 N–H and O–H groups in total. The van der Waals surface area contributed by atoms with Gasteiger partial charge in [0.25, 0.3) is 0 Å². The standard InChI is InChI=1S/C10H14N2O4.C3H8/c1-3-6(4-5-13)7-8(14)11-10(15)12-9(7)16-2;1-3-2/h4-5,8,14H,3H2,1-2H3,(H2,11,12,15);3H2,1-2H3/b6-4-;. The summed E-state index contributed by atoms with van der Waals surface area (Å²) in [5.41, 5.74) is 0.976. The Labute approximate surface area is 113 Å². The Morgan fingerprint density at radius 1 is 1.42 bits per heavy atom. The number of hydrogen-bond acceptors (Lipinski definition) is 4. The molecule has 0 fully saturated rings. The van der Waals surface area contributed by atoms with Crippen molar-refractivity contribution in [1.82, 2.24) is 10.6 Å². The second-order valence-corrected chi connectivity index (χ2v) is 3.84. The molecule has 1 heterocycles. The molecule has 0 saturated carbocycles. The maximum atomic E-state index is 11.1. The van der Waals surface area contributed by atoms with Crippen molar-refractivity contribution >= 4 is 12.3 Å². The lowest BCUT2D eigenvalue weighted by Gasteiger charge is -2.26. The topological polar surface area (TPSA) is 87.7 Å². The third-order valence-corrected chi connectivity index (χ3v) is 2.21. The molecule has 6 heteroatoms. The molecule has 1 atom stereocenters. The van der Waals surface area contributed by atoms with E-state index in [0.717, 1.165) is 0 Å². The van der Waals surface area contributed by atoms with E-state index in [2.05, 4.69) is 24.5 Å². The number of carbonyl (C=O) groups excluding carboxylic acids is 2. The summed E-state index contributed by atoms with van der Waals surface area (Å²) in [7, 11) is 1.38. The number of amides is 2. The molecular formula is C13H22N2O4. The minimum absolute atomic E-state index is 0.159. The molecule has 19 heavy (non-hydrogen) atoms. The number of nitrogens with one attached hydrogen (secondary N) is 2. The number of urea groups is 1. The molecular weight excluding hydrogens is 248 g/mol. The number of ether oxygens (including phenoxy) is 1. The lowest BCUT2D eigenvalue weighted by molar-refractivity contribution is -0.104. The molecule has 0 aromatic rings. The van der Waals surface area contributed by atoms with Crippen LogP contribution in [0.4, 0.5) is 4.79 Å². The van der Waals surface area contributed by atoms with Crippen molar-refractivity contribution in [1.29, 1.82) is 0 Å². The van der Waals surface area contributed by atoms with Gasteiger partial charge in [0.1, 0.15) is 6.29 Å². The van der Waals surface area contributed by atoms with E-state index in [1.165, 1.54) is 19.6 Å². The van der Waals surface area contributed by atoms with Crippen LogP contribution in [0.15, 0.2) is 23.1 Å². The van der Waals surface area contributed by atoms with Crippen molar-refractivity contribution in [3.05, 3.63) is 23.1 Å². The number of allylic oxidation sites excluding steroid dienone is 1. The number of hydrogen-bond donors (Lipinski definition) is 3. The van der Waals surface area contributed by atoms with Crippen LogP contribution in [0.25, 0.3) is 0 Å². The Morgan fingerprint density at radius 2 is 2.00 bits per heavy atom. The van der Waals surface area contributed by atoms with Gasteiger partial charge in [-0.2, -0.15) is 0 Å². The van der Waals surface area contributed by atoms with Gasteiger partial charge in [0.15, 0.2) is 6.23 Å². The zero-order valence-corrected chi connectivity index (χ0v) is 11.8. The monoisotopic (exact) mass is 270 g/mol. The average molecular weight is 270 g/mol. The Morgan fingerprint density at radius 3 is 2.42 bits per heavy atom. The van der Waals surface area contributed by atoms with Crippen LogP contribution in [0.3, 0.4) is 0 Å². The second kappa shape index (κ2) is 9.16. The van der Waals surface area contributed by atoms with E-state index < -0.39 is 12.3 Å². The minimum atomic E-state index is -1.17. The van der Waals surface area contributed by atoms with E-state index >= 15 is 0 Å². The lowest BCUT2D eigenvalue weighted by atomic mass is 10.0. The number of methoxy groups -OCH3 is 1. The van der Waals surface area contributed by atoms with E-state index in [4.69, 9.17) is 4.74 Å². The fourth-order valence-electron chi connectivity index (χ4n) is 1.49. The third kappa shape index (κ3) is 5.13. The molecule has 0 bridgehead atoms. The molecule has 0 aromatic carbocycles. The highest BCUT2D eigenvalue weighted by Crippen LogP contribution is 2.22. The summed E-state index contributed by atoms with van der Waals surface area (Å²) in [6, 6.07) is -0.547. The maximum absolute atomic E-state index is 11.1. The normalized spacial score (nSPS) is 18.9. The predicted octanol–water partition coefficient (Wildman–Crippen LogP) is 1.43. The Hall–Kier alpha value is -1.82. The van der Waals surface area contributed by atoms with E-state index in [-0.39, 0.29) is 5.88 Å². The molecule has 0 aromatic heterocycles. The summed E-state index contributed by atoms with van der Waals surface area (Å²) in [6.07, 6.45) is 2.57. The summed E-state index contributed by atoms with van der Waals surface area (Å²) >= 11 is 0. The van der Waals surface area contributed by atoms with Crippen molar-refractivity contribution < 1.29 is 19.4 Å². The first-order chi connectivity index (χ1) is 9.05. The largest absolute Gasteiger partial charge is 0.482 e. The third-order valence-electron chi connectivity index (χ3n) is 2.21. The minimum Gasteiger partial charge on any atom is -0.482 e. The Kier molecular flexibility index (Phi) is 8.28. The molecule has 0 aliphatic carbocycles. The van der Waals surface area contributed by atoms with Gasteiger partial charge in [-0.1, -0.05) is 27.2 Å². The number of carbonyl (C=O) groups is 2. The SMILES string of the molecule is CC/C(=C/C=O)C1=C(OC)NC(=O)NC1O.CCC.